The number of hydrogen-bond acceptors (Lipinski definition) is 2. The van der Waals surface area contributed by atoms with Crippen molar-refractivity contribution in [3.63, 3.8) is 0 Å². The highest BCUT2D eigenvalue weighted by Crippen LogP contribution is 2.28. The summed E-state index contributed by atoms with van der Waals surface area (Å²) >= 11 is 0. The van der Waals surface area contributed by atoms with Crippen LogP contribution in [0.15, 0.2) is 60.8 Å². The van der Waals surface area contributed by atoms with Crippen molar-refractivity contribution in [3.05, 3.63) is 72.2 Å². The van der Waals surface area contributed by atoms with Gasteiger partial charge < -0.3 is 4.57 Å². The Morgan fingerprint density at radius 2 is 1.65 bits per heavy atom. The minimum atomic E-state index is 0.322. The van der Waals surface area contributed by atoms with Crippen molar-refractivity contribution in [3.8, 4) is 0 Å². The van der Waals surface area contributed by atoms with Gasteiger partial charge in [0.1, 0.15) is 11.5 Å². The van der Waals surface area contributed by atoms with Crippen molar-refractivity contribution < 1.29 is 0 Å². The van der Waals surface area contributed by atoms with Crippen molar-refractivity contribution in [2.75, 3.05) is 0 Å². The predicted molar refractivity (Wildman–Crippen MR) is 94.7 cm³/mol. The Kier molecular flexibility index (Phi) is 3.34. The SMILES string of the molecule is CC(C)c1ncc2c3ccccc3n(Cc3ccccc3)c2n1. The molecule has 114 valence electrons. The van der Waals surface area contributed by atoms with Gasteiger partial charge in [0.25, 0.3) is 0 Å². The Morgan fingerprint density at radius 3 is 2.43 bits per heavy atom. The van der Waals surface area contributed by atoms with Crippen LogP contribution in [-0.2, 0) is 6.54 Å². The van der Waals surface area contributed by atoms with E-state index in [1.807, 2.05) is 6.20 Å². The van der Waals surface area contributed by atoms with Crippen molar-refractivity contribution in [2.45, 2.75) is 26.3 Å². The van der Waals surface area contributed by atoms with Crippen LogP contribution >= 0.6 is 0 Å². The Labute approximate surface area is 135 Å². The summed E-state index contributed by atoms with van der Waals surface area (Å²) in [6.07, 6.45) is 1.97. The van der Waals surface area contributed by atoms with Gasteiger partial charge in [-0.3, -0.25) is 0 Å². The van der Waals surface area contributed by atoms with Crippen molar-refractivity contribution >= 4 is 21.9 Å². The fraction of sp³-hybridized carbons (Fsp3) is 0.200. The number of nitrogens with zero attached hydrogens (tertiary/aromatic N) is 3. The van der Waals surface area contributed by atoms with Gasteiger partial charge in [-0.25, -0.2) is 9.97 Å². The first-order valence-electron chi connectivity index (χ1n) is 8.02. The molecular weight excluding hydrogens is 282 g/mol. The van der Waals surface area contributed by atoms with E-state index in [9.17, 15) is 0 Å². The van der Waals surface area contributed by atoms with Gasteiger partial charge in [0.15, 0.2) is 0 Å². The Bertz CT molecular complexity index is 968. The first-order chi connectivity index (χ1) is 11.2. The lowest BCUT2D eigenvalue weighted by Crippen LogP contribution is -2.03. The number of benzene rings is 2. The van der Waals surface area contributed by atoms with Gasteiger partial charge in [-0.1, -0.05) is 62.4 Å². The summed E-state index contributed by atoms with van der Waals surface area (Å²) in [5.41, 5.74) is 3.51. The third-order valence-corrected chi connectivity index (χ3v) is 4.23. The summed E-state index contributed by atoms with van der Waals surface area (Å²) in [6, 6.07) is 19.0. The molecule has 3 heteroatoms. The maximum absolute atomic E-state index is 4.86. The van der Waals surface area contributed by atoms with E-state index >= 15 is 0 Å². The topological polar surface area (TPSA) is 30.7 Å². The van der Waals surface area contributed by atoms with Crippen LogP contribution in [0.4, 0.5) is 0 Å². The van der Waals surface area contributed by atoms with Crippen LogP contribution in [0.2, 0.25) is 0 Å². The average Bonchev–Trinajstić information content (AvgIpc) is 2.90. The summed E-state index contributed by atoms with van der Waals surface area (Å²) in [5.74, 6) is 1.22. The van der Waals surface area contributed by atoms with Gasteiger partial charge in [-0.15, -0.1) is 0 Å². The molecule has 0 bridgehead atoms. The van der Waals surface area contributed by atoms with Crippen LogP contribution in [0.1, 0.15) is 31.2 Å². The molecule has 0 unspecified atom stereocenters. The Hall–Kier alpha value is -2.68. The van der Waals surface area contributed by atoms with Crippen LogP contribution in [0.5, 0.6) is 0 Å². The average molecular weight is 301 g/mol. The highest BCUT2D eigenvalue weighted by molar-refractivity contribution is 6.06. The zero-order valence-electron chi connectivity index (χ0n) is 13.4. The molecule has 0 saturated heterocycles. The van der Waals surface area contributed by atoms with E-state index in [4.69, 9.17) is 4.98 Å². The molecule has 4 aromatic rings. The van der Waals surface area contributed by atoms with Gasteiger partial charge in [0, 0.05) is 29.4 Å². The summed E-state index contributed by atoms with van der Waals surface area (Å²) in [5, 5.41) is 2.34. The second kappa shape index (κ2) is 5.51. The molecule has 0 spiro atoms. The molecule has 23 heavy (non-hydrogen) atoms. The first-order valence-corrected chi connectivity index (χ1v) is 8.02. The lowest BCUT2D eigenvalue weighted by molar-refractivity contribution is 0.769. The van der Waals surface area contributed by atoms with Gasteiger partial charge in [-0.05, 0) is 11.6 Å². The van der Waals surface area contributed by atoms with Gasteiger partial charge in [0.05, 0.1) is 5.52 Å². The van der Waals surface area contributed by atoms with Crippen LogP contribution in [0, 0.1) is 0 Å². The van der Waals surface area contributed by atoms with E-state index < -0.39 is 0 Å². The van der Waals surface area contributed by atoms with Crippen LogP contribution < -0.4 is 0 Å². The molecule has 0 aliphatic heterocycles. The zero-order valence-corrected chi connectivity index (χ0v) is 13.4. The molecule has 0 amide bonds. The molecular formula is C20H19N3. The second-order valence-corrected chi connectivity index (χ2v) is 6.21. The number of aromatic nitrogens is 3. The molecule has 0 saturated carbocycles. The summed E-state index contributed by atoms with van der Waals surface area (Å²) in [7, 11) is 0. The van der Waals surface area contributed by atoms with Gasteiger partial charge in [0.2, 0.25) is 0 Å². The Morgan fingerprint density at radius 1 is 0.913 bits per heavy atom. The summed E-state index contributed by atoms with van der Waals surface area (Å²) in [6.45, 7) is 5.08. The molecule has 2 heterocycles. The maximum atomic E-state index is 4.86. The number of fused-ring (bicyclic) bond motifs is 3. The highest BCUT2D eigenvalue weighted by atomic mass is 15.1. The zero-order chi connectivity index (χ0) is 15.8. The minimum Gasteiger partial charge on any atom is -0.321 e. The molecule has 0 aliphatic carbocycles. The van der Waals surface area contributed by atoms with Crippen LogP contribution in [-0.4, -0.2) is 14.5 Å². The smallest absolute Gasteiger partial charge is 0.145 e. The quantitative estimate of drug-likeness (QED) is 0.546. The predicted octanol–water partition coefficient (Wildman–Crippen LogP) is 4.76. The van der Waals surface area contributed by atoms with E-state index in [2.05, 4.69) is 78.0 Å². The summed E-state index contributed by atoms with van der Waals surface area (Å²) in [4.78, 5) is 9.41. The molecule has 0 fully saturated rings. The Balaban J connectivity index is 1.99. The molecule has 0 aliphatic rings. The maximum Gasteiger partial charge on any atom is 0.145 e. The van der Waals surface area contributed by atoms with E-state index in [0.717, 1.165) is 23.4 Å². The molecule has 2 aromatic heterocycles. The van der Waals surface area contributed by atoms with Crippen molar-refractivity contribution in [2.24, 2.45) is 0 Å². The van der Waals surface area contributed by atoms with E-state index in [-0.39, 0.29) is 0 Å². The summed E-state index contributed by atoms with van der Waals surface area (Å²) < 4.78 is 2.30. The fourth-order valence-electron chi connectivity index (χ4n) is 3.04. The first kappa shape index (κ1) is 13.9. The second-order valence-electron chi connectivity index (χ2n) is 6.21. The number of para-hydroxylation sites is 1. The van der Waals surface area contributed by atoms with Crippen LogP contribution in [0.3, 0.4) is 0 Å². The normalized spacial score (nSPS) is 11.6. The molecule has 0 atom stereocenters. The minimum absolute atomic E-state index is 0.322. The van der Waals surface area contributed by atoms with Crippen molar-refractivity contribution in [1.29, 1.82) is 0 Å². The monoisotopic (exact) mass is 301 g/mol. The third-order valence-electron chi connectivity index (χ3n) is 4.23. The lowest BCUT2D eigenvalue weighted by Gasteiger charge is -2.08. The van der Waals surface area contributed by atoms with Gasteiger partial charge in [-0.2, -0.15) is 0 Å². The highest BCUT2D eigenvalue weighted by Gasteiger charge is 2.14. The van der Waals surface area contributed by atoms with Gasteiger partial charge >= 0.3 is 0 Å². The molecule has 2 aromatic carbocycles. The van der Waals surface area contributed by atoms with Crippen LogP contribution in [0.25, 0.3) is 21.9 Å². The number of hydrogen-bond donors (Lipinski definition) is 0. The molecule has 3 nitrogen and oxygen atoms in total. The van der Waals surface area contributed by atoms with E-state index in [0.29, 0.717) is 5.92 Å². The molecule has 0 radical (unpaired) electrons. The molecule has 0 N–H and O–H groups in total. The fourth-order valence-corrected chi connectivity index (χ4v) is 3.04. The largest absolute Gasteiger partial charge is 0.321 e. The van der Waals surface area contributed by atoms with Crippen molar-refractivity contribution in [1.82, 2.24) is 14.5 Å². The standard InChI is InChI=1S/C20H19N3/c1-14(2)19-21-12-17-16-10-6-7-11-18(16)23(20(17)22-19)13-15-8-4-3-5-9-15/h3-12,14H,13H2,1-2H3. The van der Waals surface area contributed by atoms with E-state index in [1.165, 1.54) is 16.5 Å². The number of rotatable bonds is 3. The van der Waals surface area contributed by atoms with E-state index in [1.54, 1.807) is 0 Å². The lowest BCUT2D eigenvalue weighted by atomic mass is 10.2. The third kappa shape index (κ3) is 2.38. The molecule has 4 rings (SSSR count).